The Kier molecular flexibility index (Phi) is 3.99. The smallest absolute Gasteiger partial charge is 0.323 e. The molecule has 1 aliphatic rings. The van der Waals surface area contributed by atoms with Crippen molar-refractivity contribution < 1.29 is 14.6 Å². The molecule has 2 unspecified atom stereocenters. The Balaban J connectivity index is 2.17. The Labute approximate surface area is 107 Å². The van der Waals surface area contributed by atoms with Crippen molar-refractivity contribution in [2.24, 2.45) is 0 Å². The molecule has 1 aliphatic heterocycles. The summed E-state index contributed by atoms with van der Waals surface area (Å²) < 4.78 is 5.26. The van der Waals surface area contributed by atoms with Crippen LogP contribution < -0.4 is 0 Å². The molecule has 1 aromatic carbocycles. The van der Waals surface area contributed by atoms with Gasteiger partial charge in [-0.1, -0.05) is 29.8 Å². The van der Waals surface area contributed by atoms with Crippen LogP contribution in [0.5, 0.6) is 0 Å². The second-order valence-corrected chi connectivity index (χ2v) is 4.75. The first-order valence-corrected chi connectivity index (χ1v) is 6.22. The first-order chi connectivity index (χ1) is 8.59. The minimum Gasteiger partial charge on any atom is -0.480 e. The van der Waals surface area contributed by atoms with E-state index in [0.29, 0.717) is 13.2 Å². The number of nitrogens with zero attached hydrogens (tertiary/aromatic N) is 1. The fraction of sp³-hybridized carbons (Fsp3) is 0.500. The molecule has 2 atom stereocenters. The normalized spacial score (nSPS) is 22.7. The van der Waals surface area contributed by atoms with Gasteiger partial charge in [-0.05, 0) is 19.4 Å². The van der Waals surface area contributed by atoms with Crippen LogP contribution in [0.1, 0.15) is 24.1 Å². The lowest BCUT2D eigenvalue weighted by Crippen LogP contribution is -2.50. The lowest BCUT2D eigenvalue weighted by molar-refractivity contribution is -0.151. The zero-order valence-electron chi connectivity index (χ0n) is 10.8. The number of aliphatic carboxylic acids is 1. The van der Waals surface area contributed by atoms with E-state index in [9.17, 15) is 9.90 Å². The average Bonchev–Trinajstić information content (AvgIpc) is 2.39. The SMILES string of the molecule is Cc1ccc(C(C)N2CCOCC2C(=O)O)cc1. The molecule has 0 spiro atoms. The molecule has 4 heteroatoms. The number of hydrogen-bond acceptors (Lipinski definition) is 3. The van der Waals surface area contributed by atoms with Crippen LogP contribution in [0, 0.1) is 6.92 Å². The summed E-state index contributed by atoms with van der Waals surface area (Å²) in [6.45, 7) is 5.62. The third kappa shape index (κ3) is 2.71. The number of morpholine rings is 1. The van der Waals surface area contributed by atoms with E-state index in [4.69, 9.17) is 4.74 Å². The fourth-order valence-electron chi connectivity index (χ4n) is 2.33. The molecule has 0 radical (unpaired) electrons. The van der Waals surface area contributed by atoms with Crippen molar-refractivity contribution in [1.82, 2.24) is 4.90 Å². The summed E-state index contributed by atoms with van der Waals surface area (Å²) in [5.74, 6) is -0.811. The molecule has 1 N–H and O–H groups in total. The summed E-state index contributed by atoms with van der Waals surface area (Å²) in [5, 5.41) is 9.23. The Morgan fingerprint density at radius 3 is 2.72 bits per heavy atom. The number of ether oxygens (including phenoxy) is 1. The van der Waals surface area contributed by atoms with Crippen LogP contribution in [0.25, 0.3) is 0 Å². The van der Waals surface area contributed by atoms with Gasteiger partial charge in [0.1, 0.15) is 6.04 Å². The van der Waals surface area contributed by atoms with E-state index in [1.165, 1.54) is 5.56 Å². The number of carbonyl (C=O) groups is 1. The molecular formula is C14H19NO3. The van der Waals surface area contributed by atoms with Crippen molar-refractivity contribution >= 4 is 5.97 Å². The van der Waals surface area contributed by atoms with Gasteiger partial charge in [0.25, 0.3) is 0 Å². The molecule has 0 saturated carbocycles. The summed E-state index contributed by atoms with van der Waals surface area (Å²) in [6, 6.07) is 7.79. The first-order valence-electron chi connectivity index (χ1n) is 6.22. The topological polar surface area (TPSA) is 49.8 Å². The van der Waals surface area contributed by atoms with Crippen molar-refractivity contribution in [1.29, 1.82) is 0 Å². The number of rotatable bonds is 3. The van der Waals surface area contributed by atoms with E-state index < -0.39 is 12.0 Å². The molecule has 0 amide bonds. The van der Waals surface area contributed by atoms with Gasteiger partial charge in [-0.15, -0.1) is 0 Å². The van der Waals surface area contributed by atoms with Gasteiger partial charge in [0.05, 0.1) is 13.2 Å². The molecule has 0 aromatic heterocycles. The Morgan fingerprint density at radius 1 is 1.44 bits per heavy atom. The van der Waals surface area contributed by atoms with Crippen molar-refractivity contribution in [2.75, 3.05) is 19.8 Å². The van der Waals surface area contributed by atoms with Gasteiger partial charge in [-0.25, -0.2) is 0 Å². The molecule has 2 rings (SSSR count). The third-order valence-corrected chi connectivity index (χ3v) is 3.51. The van der Waals surface area contributed by atoms with Gasteiger partial charge in [0.2, 0.25) is 0 Å². The maximum atomic E-state index is 11.2. The van der Waals surface area contributed by atoms with E-state index in [-0.39, 0.29) is 12.6 Å². The summed E-state index contributed by atoms with van der Waals surface area (Å²) in [4.78, 5) is 13.2. The average molecular weight is 249 g/mol. The standard InChI is InChI=1S/C14H19NO3/c1-10-3-5-12(6-4-10)11(2)15-7-8-18-9-13(15)14(16)17/h3-6,11,13H,7-9H2,1-2H3,(H,16,17). The predicted octanol–water partition coefficient (Wildman–Crippen LogP) is 1.84. The van der Waals surface area contributed by atoms with Crippen molar-refractivity contribution in [3.63, 3.8) is 0 Å². The summed E-state index contributed by atoms with van der Waals surface area (Å²) in [7, 11) is 0. The minimum atomic E-state index is -0.811. The van der Waals surface area contributed by atoms with Gasteiger partial charge in [0.15, 0.2) is 0 Å². The van der Waals surface area contributed by atoms with Gasteiger partial charge in [0, 0.05) is 12.6 Å². The quantitative estimate of drug-likeness (QED) is 0.888. The summed E-state index contributed by atoms with van der Waals surface area (Å²) >= 11 is 0. The van der Waals surface area contributed by atoms with Crippen molar-refractivity contribution in [3.05, 3.63) is 35.4 Å². The van der Waals surface area contributed by atoms with Gasteiger partial charge in [-0.2, -0.15) is 0 Å². The van der Waals surface area contributed by atoms with E-state index in [0.717, 1.165) is 5.56 Å². The molecule has 1 aromatic rings. The van der Waals surface area contributed by atoms with Gasteiger partial charge in [-0.3, -0.25) is 9.69 Å². The van der Waals surface area contributed by atoms with E-state index in [1.807, 2.05) is 18.7 Å². The summed E-state index contributed by atoms with van der Waals surface area (Å²) in [6.07, 6.45) is 0. The highest BCUT2D eigenvalue weighted by Gasteiger charge is 2.32. The zero-order chi connectivity index (χ0) is 13.1. The molecule has 1 saturated heterocycles. The highest BCUT2D eigenvalue weighted by atomic mass is 16.5. The third-order valence-electron chi connectivity index (χ3n) is 3.51. The van der Waals surface area contributed by atoms with Crippen LogP contribution >= 0.6 is 0 Å². The van der Waals surface area contributed by atoms with Crippen molar-refractivity contribution in [3.8, 4) is 0 Å². The highest BCUT2D eigenvalue weighted by molar-refractivity contribution is 5.73. The molecule has 98 valence electrons. The second kappa shape index (κ2) is 5.50. The number of hydrogen-bond donors (Lipinski definition) is 1. The van der Waals surface area contributed by atoms with Crippen LogP contribution in [0.15, 0.2) is 24.3 Å². The molecular weight excluding hydrogens is 230 g/mol. The predicted molar refractivity (Wildman–Crippen MR) is 68.5 cm³/mol. The monoisotopic (exact) mass is 249 g/mol. The van der Waals surface area contributed by atoms with Gasteiger partial charge < -0.3 is 9.84 Å². The molecule has 4 nitrogen and oxygen atoms in total. The Morgan fingerprint density at radius 2 is 2.11 bits per heavy atom. The van der Waals surface area contributed by atoms with E-state index >= 15 is 0 Å². The fourth-order valence-corrected chi connectivity index (χ4v) is 2.33. The van der Waals surface area contributed by atoms with Crippen LogP contribution in [0.3, 0.4) is 0 Å². The largest absolute Gasteiger partial charge is 0.480 e. The first kappa shape index (κ1) is 13.1. The number of benzene rings is 1. The van der Waals surface area contributed by atoms with E-state index in [1.54, 1.807) is 0 Å². The maximum absolute atomic E-state index is 11.2. The van der Waals surface area contributed by atoms with Crippen LogP contribution in [-0.4, -0.2) is 41.8 Å². The Bertz CT molecular complexity index is 416. The van der Waals surface area contributed by atoms with E-state index in [2.05, 4.69) is 24.3 Å². The molecule has 1 heterocycles. The highest BCUT2D eigenvalue weighted by Crippen LogP contribution is 2.24. The molecule has 0 bridgehead atoms. The molecule has 1 fully saturated rings. The lowest BCUT2D eigenvalue weighted by atomic mass is 10.0. The number of aryl methyl sites for hydroxylation is 1. The van der Waals surface area contributed by atoms with Crippen LogP contribution in [0.2, 0.25) is 0 Å². The van der Waals surface area contributed by atoms with Crippen molar-refractivity contribution in [2.45, 2.75) is 25.9 Å². The number of carboxylic acids is 1. The Hall–Kier alpha value is -1.39. The van der Waals surface area contributed by atoms with Crippen LogP contribution in [-0.2, 0) is 9.53 Å². The zero-order valence-corrected chi connectivity index (χ0v) is 10.8. The van der Waals surface area contributed by atoms with Crippen LogP contribution in [0.4, 0.5) is 0 Å². The van der Waals surface area contributed by atoms with Gasteiger partial charge >= 0.3 is 5.97 Å². The molecule has 0 aliphatic carbocycles. The number of carboxylic acid groups (broad SMARTS) is 1. The minimum absolute atomic E-state index is 0.0931. The maximum Gasteiger partial charge on any atom is 0.323 e. The second-order valence-electron chi connectivity index (χ2n) is 4.75. The summed E-state index contributed by atoms with van der Waals surface area (Å²) in [5.41, 5.74) is 2.36. The molecule has 18 heavy (non-hydrogen) atoms. The lowest BCUT2D eigenvalue weighted by Gasteiger charge is -2.37.